The van der Waals surface area contributed by atoms with E-state index in [2.05, 4.69) is 31.0 Å². The molecule has 2 aliphatic heterocycles. The van der Waals surface area contributed by atoms with Gasteiger partial charge < -0.3 is 10.1 Å². The molecule has 0 saturated carbocycles. The minimum Gasteiger partial charge on any atom is -0.440 e. The molecule has 0 aromatic rings. The van der Waals surface area contributed by atoms with Crippen molar-refractivity contribution in [2.45, 2.75) is 44.8 Å². The number of carbonyl (C=O) groups is 1. The second kappa shape index (κ2) is 3.37. The molecule has 0 unspecified atom stereocenters. The lowest BCUT2D eigenvalue weighted by Gasteiger charge is -2.44. The van der Waals surface area contributed by atoms with Crippen LogP contribution in [0.3, 0.4) is 0 Å². The number of carbonyl (C=O) groups excluding carboxylic acids is 1. The third-order valence-corrected chi connectivity index (χ3v) is 3.35. The first-order valence-electron chi connectivity index (χ1n) is 5.63. The van der Waals surface area contributed by atoms with Crippen LogP contribution >= 0.6 is 0 Å². The molecule has 0 aromatic heterocycles. The van der Waals surface area contributed by atoms with E-state index in [-0.39, 0.29) is 17.2 Å². The molecule has 1 atom stereocenters. The maximum absolute atomic E-state index is 11.1. The number of hydrogen-bond donors (Lipinski definition) is 1. The summed E-state index contributed by atoms with van der Waals surface area (Å²) in [6, 6.07) is 0. The number of ether oxygens (including phenoxy) is 1. The molecule has 2 rings (SSSR count). The Morgan fingerprint density at radius 2 is 2.20 bits per heavy atom. The molecule has 0 aromatic carbocycles. The molecule has 86 valence electrons. The molecule has 2 aliphatic rings. The Kier molecular flexibility index (Phi) is 2.41. The number of amides is 1. The zero-order valence-corrected chi connectivity index (χ0v) is 9.80. The average molecular weight is 212 g/mol. The monoisotopic (exact) mass is 212 g/mol. The number of rotatable bonds is 0. The fourth-order valence-electron chi connectivity index (χ4n) is 2.40. The Morgan fingerprint density at radius 3 is 2.73 bits per heavy atom. The standard InChI is InChI=1S/C11H20N2O2/c1-10(2,3)13-6-4-5-11(8-13)7-12-9(14)15-11/h4-8H2,1-3H3,(H,12,14)/t11-/m0/s1. The smallest absolute Gasteiger partial charge is 0.407 e. The van der Waals surface area contributed by atoms with E-state index in [1.54, 1.807) is 0 Å². The van der Waals surface area contributed by atoms with Crippen LogP contribution in [-0.4, -0.2) is 41.8 Å². The van der Waals surface area contributed by atoms with Crippen LogP contribution < -0.4 is 5.32 Å². The zero-order chi connectivity index (χ0) is 11.1. The molecule has 4 heteroatoms. The summed E-state index contributed by atoms with van der Waals surface area (Å²) in [5.74, 6) is 0. The highest BCUT2D eigenvalue weighted by molar-refractivity contribution is 5.70. The minimum absolute atomic E-state index is 0.155. The topological polar surface area (TPSA) is 41.6 Å². The molecule has 2 fully saturated rings. The van der Waals surface area contributed by atoms with Crippen LogP contribution in [0.4, 0.5) is 4.79 Å². The minimum atomic E-state index is -0.261. The van der Waals surface area contributed by atoms with E-state index in [9.17, 15) is 4.79 Å². The first kappa shape index (κ1) is 10.7. The third-order valence-electron chi connectivity index (χ3n) is 3.35. The summed E-state index contributed by atoms with van der Waals surface area (Å²) in [5, 5.41) is 2.76. The first-order valence-corrected chi connectivity index (χ1v) is 5.63. The van der Waals surface area contributed by atoms with E-state index in [1.807, 2.05) is 0 Å². The predicted octanol–water partition coefficient (Wildman–Crippen LogP) is 1.36. The van der Waals surface area contributed by atoms with Crippen molar-refractivity contribution in [1.29, 1.82) is 0 Å². The maximum Gasteiger partial charge on any atom is 0.407 e. The Bertz CT molecular complexity index is 272. The molecule has 1 amide bonds. The van der Waals surface area contributed by atoms with Gasteiger partial charge in [0.1, 0.15) is 5.60 Å². The summed E-state index contributed by atoms with van der Waals surface area (Å²) in [6.07, 6.45) is 1.83. The van der Waals surface area contributed by atoms with Crippen LogP contribution in [0, 0.1) is 0 Å². The van der Waals surface area contributed by atoms with Crippen molar-refractivity contribution in [2.75, 3.05) is 19.6 Å². The van der Waals surface area contributed by atoms with Crippen molar-refractivity contribution in [3.63, 3.8) is 0 Å². The quantitative estimate of drug-likeness (QED) is 0.659. The van der Waals surface area contributed by atoms with Gasteiger partial charge in [-0.1, -0.05) is 0 Å². The zero-order valence-electron chi connectivity index (χ0n) is 9.80. The number of alkyl carbamates (subject to hydrolysis) is 1. The number of nitrogens with one attached hydrogen (secondary N) is 1. The van der Waals surface area contributed by atoms with E-state index in [0.29, 0.717) is 6.54 Å². The summed E-state index contributed by atoms with van der Waals surface area (Å²) in [5.41, 5.74) is -0.106. The van der Waals surface area contributed by atoms with Crippen molar-refractivity contribution in [2.24, 2.45) is 0 Å². The lowest BCUT2D eigenvalue weighted by atomic mass is 9.90. The van der Waals surface area contributed by atoms with Crippen molar-refractivity contribution in [1.82, 2.24) is 10.2 Å². The second-order valence-corrected chi connectivity index (χ2v) is 5.62. The number of likely N-dealkylation sites (tertiary alicyclic amines) is 1. The predicted molar refractivity (Wildman–Crippen MR) is 57.8 cm³/mol. The molecule has 0 aliphatic carbocycles. The van der Waals surface area contributed by atoms with Gasteiger partial charge in [-0.15, -0.1) is 0 Å². The van der Waals surface area contributed by atoms with E-state index in [4.69, 9.17) is 4.74 Å². The molecule has 15 heavy (non-hydrogen) atoms. The molecule has 0 radical (unpaired) electrons. The van der Waals surface area contributed by atoms with Crippen molar-refractivity contribution in [3.8, 4) is 0 Å². The lowest BCUT2D eigenvalue weighted by Crippen LogP contribution is -2.56. The lowest BCUT2D eigenvalue weighted by molar-refractivity contribution is -0.0372. The molecular formula is C11H20N2O2. The largest absolute Gasteiger partial charge is 0.440 e. The Morgan fingerprint density at radius 1 is 1.47 bits per heavy atom. The van der Waals surface area contributed by atoms with Crippen molar-refractivity contribution in [3.05, 3.63) is 0 Å². The third kappa shape index (κ3) is 2.09. The molecule has 2 saturated heterocycles. The highest BCUT2D eigenvalue weighted by Crippen LogP contribution is 2.31. The van der Waals surface area contributed by atoms with Gasteiger partial charge in [-0.25, -0.2) is 4.79 Å². The van der Waals surface area contributed by atoms with Gasteiger partial charge in [0.05, 0.1) is 6.54 Å². The van der Waals surface area contributed by atoms with E-state index >= 15 is 0 Å². The maximum atomic E-state index is 11.1. The Hall–Kier alpha value is -0.770. The van der Waals surface area contributed by atoms with Gasteiger partial charge in [0, 0.05) is 12.1 Å². The average Bonchev–Trinajstić information content (AvgIpc) is 2.46. The van der Waals surface area contributed by atoms with Gasteiger partial charge in [0.2, 0.25) is 0 Å². The SMILES string of the molecule is CC(C)(C)N1CCC[C@]2(CNC(=O)O2)C1. The summed E-state index contributed by atoms with van der Waals surface area (Å²) in [7, 11) is 0. The fourth-order valence-corrected chi connectivity index (χ4v) is 2.40. The van der Waals surface area contributed by atoms with Gasteiger partial charge in [0.25, 0.3) is 0 Å². The van der Waals surface area contributed by atoms with Crippen LogP contribution in [0.25, 0.3) is 0 Å². The second-order valence-electron chi connectivity index (χ2n) is 5.62. The summed E-state index contributed by atoms with van der Waals surface area (Å²) < 4.78 is 5.42. The van der Waals surface area contributed by atoms with Gasteiger partial charge in [-0.2, -0.15) is 0 Å². The van der Waals surface area contributed by atoms with Gasteiger partial charge in [0.15, 0.2) is 0 Å². The summed E-state index contributed by atoms with van der Waals surface area (Å²) in [6.45, 7) is 9.24. The number of piperidine rings is 1. The number of nitrogens with zero attached hydrogens (tertiary/aromatic N) is 1. The molecule has 1 spiro atoms. The van der Waals surface area contributed by atoms with E-state index in [1.165, 1.54) is 0 Å². The Balaban J connectivity index is 2.07. The molecular weight excluding hydrogens is 192 g/mol. The summed E-state index contributed by atoms with van der Waals surface area (Å²) in [4.78, 5) is 13.5. The fraction of sp³-hybridized carbons (Fsp3) is 0.909. The van der Waals surface area contributed by atoms with Gasteiger partial charge >= 0.3 is 6.09 Å². The van der Waals surface area contributed by atoms with Crippen LogP contribution in [0.2, 0.25) is 0 Å². The van der Waals surface area contributed by atoms with Crippen LogP contribution in [0.5, 0.6) is 0 Å². The van der Waals surface area contributed by atoms with E-state index < -0.39 is 0 Å². The highest BCUT2D eigenvalue weighted by atomic mass is 16.6. The molecule has 4 nitrogen and oxygen atoms in total. The van der Waals surface area contributed by atoms with Crippen molar-refractivity contribution < 1.29 is 9.53 Å². The number of hydrogen-bond acceptors (Lipinski definition) is 3. The van der Waals surface area contributed by atoms with E-state index in [0.717, 1.165) is 25.9 Å². The first-order chi connectivity index (χ1) is 6.91. The van der Waals surface area contributed by atoms with Crippen molar-refractivity contribution >= 4 is 6.09 Å². The molecule has 2 heterocycles. The van der Waals surface area contributed by atoms with Crippen LogP contribution in [0.1, 0.15) is 33.6 Å². The van der Waals surface area contributed by atoms with Crippen LogP contribution in [-0.2, 0) is 4.74 Å². The van der Waals surface area contributed by atoms with Gasteiger partial charge in [-0.05, 0) is 40.2 Å². The Labute approximate surface area is 91.0 Å². The van der Waals surface area contributed by atoms with Gasteiger partial charge in [-0.3, -0.25) is 4.90 Å². The molecule has 0 bridgehead atoms. The van der Waals surface area contributed by atoms with Crippen LogP contribution in [0.15, 0.2) is 0 Å². The normalized spacial score (nSPS) is 32.9. The summed E-state index contributed by atoms with van der Waals surface area (Å²) >= 11 is 0. The molecule has 1 N–H and O–H groups in total. The highest BCUT2D eigenvalue weighted by Gasteiger charge is 2.45.